The Morgan fingerprint density at radius 2 is 2.22 bits per heavy atom. The third kappa shape index (κ3) is 3.52. The van der Waals surface area contributed by atoms with E-state index < -0.39 is 10.0 Å². The van der Waals surface area contributed by atoms with Gasteiger partial charge in [-0.2, -0.15) is 0 Å². The van der Waals surface area contributed by atoms with Gasteiger partial charge in [0.1, 0.15) is 17.1 Å². The molecule has 6 nitrogen and oxygen atoms in total. The first-order valence-electron chi connectivity index (χ1n) is 7.79. The average Bonchev–Trinajstić information content (AvgIpc) is 3.13. The van der Waals surface area contributed by atoms with Gasteiger partial charge in [-0.05, 0) is 30.7 Å². The second-order valence-electron chi connectivity index (χ2n) is 5.81. The molecule has 1 aliphatic heterocycles. The van der Waals surface area contributed by atoms with Gasteiger partial charge in [0.25, 0.3) is 0 Å². The predicted molar refractivity (Wildman–Crippen MR) is 89.0 cm³/mol. The average molecular weight is 338 g/mol. The number of nitrogens with one attached hydrogen (secondary N) is 1. The second-order valence-corrected chi connectivity index (χ2v) is 7.85. The van der Waals surface area contributed by atoms with Gasteiger partial charge in [-0.3, -0.25) is 4.90 Å². The summed E-state index contributed by atoms with van der Waals surface area (Å²) in [5, 5.41) is 0.655. The molecule has 0 saturated carbocycles. The van der Waals surface area contributed by atoms with Crippen LogP contribution >= 0.6 is 0 Å². The van der Waals surface area contributed by atoms with Crippen molar-refractivity contribution in [3.05, 3.63) is 30.0 Å². The number of hydrogen-bond acceptors (Lipinski definition) is 5. The highest BCUT2D eigenvalue weighted by Crippen LogP contribution is 2.26. The van der Waals surface area contributed by atoms with Gasteiger partial charge in [0.2, 0.25) is 10.0 Å². The molecule has 0 radical (unpaired) electrons. The molecular weight excluding hydrogens is 316 g/mol. The van der Waals surface area contributed by atoms with Gasteiger partial charge in [-0.1, -0.05) is 6.92 Å². The number of ether oxygens (including phenoxy) is 1. The number of nitrogens with zero attached hydrogens (tertiary/aromatic N) is 1. The van der Waals surface area contributed by atoms with Gasteiger partial charge in [-0.25, -0.2) is 13.1 Å². The molecule has 2 aromatic rings. The molecule has 23 heavy (non-hydrogen) atoms. The molecule has 2 heterocycles. The van der Waals surface area contributed by atoms with Crippen molar-refractivity contribution in [1.82, 2.24) is 9.62 Å². The molecule has 1 aliphatic rings. The Kier molecular flexibility index (Phi) is 4.61. The lowest BCUT2D eigenvalue weighted by atomic mass is 10.2. The van der Waals surface area contributed by atoms with Crippen molar-refractivity contribution < 1.29 is 17.6 Å². The summed E-state index contributed by atoms with van der Waals surface area (Å²) in [6.45, 7) is 4.15. The molecule has 0 unspecified atom stereocenters. The van der Waals surface area contributed by atoms with Gasteiger partial charge >= 0.3 is 0 Å². The predicted octanol–water partition coefficient (Wildman–Crippen LogP) is 1.95. The maximum Gasteiger partial charge on any atom is 0.215 e. The lowest BCUT2D eigenvalue weighted by molar-refractivity contribution is 0.302. The van der Waals surface area contributed by atoms with Crippen molar-refractivity contribution >= 4 is 21.0 Å². The Balaban J connectivity index is 1.69. The molecule has 1 atom stereocenters. The first-order valence-corrected chi connectivity index (χ1v) is 9.33. The van der Waals surface area contributed by atoms with Crippen LogP contribution in [0.15, 0.2) is 28.7 Å². The molecule has 0 aliphatic carbocycles. The molecule has 1 aromatic heterocycles. The fraction of sp³-hybridized carbons (Fsp3) is 0.500. The number of hydrogen-bond donors (Lipinski definition) is 1. The van der Waals surface area contributed by atoms with Crippen LogP contribution in [0.2, 0.25) is 0 Å². The number of furan rings is 1. The van der Waals surface area contributed by atoms with E-state index in [1.54, 1.807) is 14.0 Å². The molecule has 3 rings (SSSR count). The molecule has 0 amide bonds. The molecule has 0 spiro atoms. The summed E-state index contributed by atoms with van der Waals surface area (Å²) in [5.41, 5.74) is 0.816. The summed E-state index contributed by atoms with van der Waals surface area (Å²) in [6, 6.07) is 7.68. The quantitative estimate of drug-likeness (QED) is 0.872. The Hall–Kier alpha value is -1.57. The number of sulfonamides is 1. The monoisotopic (exact) mass is 338 g/mol. The van der Waals surface area contributed by atoms with Crippen molar-refractivity contribution in [2.75, 3.05) is 26.7 Å². The molecule has 7 heteroatoms. The SMILES string of the molecule is CCNS(=O)(=O)[C@@H]1CCN(Cc2cc3cc(OC)ccc3o2)C1. The van der Waals surface area contributed by atoms with Crippen molar-refractivity contribution in [2.24, 2.45) is 0 Å². The van der Waals surface area contributed by atoms with E-state index in [1.807, 2.05) is 24.3 Å². The van der Waals surface area contributed by atoms with Crippen LogP contribution in [-0.2, 0) is 16.6 Å². The van der Waals surface area contributed by atoms with E-state index in [9.17, 15) is 8.42 Å². The number of rotatable bonds is 6. The minimum Gasteiger partial charge on any atom is -0.497 e. The minimum absolute atomic E-state index is 0.341. The van der Waals surface area contributed by atoms with Crippen LogP contribution in [0, 0.1) is 0 Å². The van der Waals surface area contributed by atoms with E-state index in [0.29, 0.717) is 26.1 Å². The van der Waals surface area contributed by atoms with E-state index in [0.717, 1.165) is 29.0 Å². The van der Waals surface area contributed by atoms with Crippen molar-refractivity contribution in [3.8, 4) is 5.75 Å². The Morgan fingerprint density at radius 3 is 2.96 bits per heavy atom. The van der Waals surface area contributed by atoms with E-state index in [2.05, 4.69) is 9.62 Å². The summed E-state index contributed by atoms with van der Waals surface area (Å²) in [6.07, 6.45) is 0.656. The van der Waals surface area contributed by atoms with Crippen LogP contribution in [0.5, 0.6) is 5.75 Å². The normalized spacial score (nSPS) is 19.5. The highest BCUT2D eigenvalue weighted by Gasteiger charge is 2.32. The zero-order valence-corrected chi connectivity index (χ0v) is 14.2. The van der Waals surface area contributed by atoms with Crippen molar-refractivity contribution in [3.63, 3.8) is 0 Å². The summed E-state index contributed by atoms with van der Waals surface area (Å²) >= 11 is 0. The Labute approximate surface area is 136 Å². The van der Waals surface area contributed by atoms with E-state index >= 15 is 0 Å². The highest BCUT2D eigenvalue weighted by atomic mass is 32.2. The largest absolute Gasteiger partial charge is 0.497 e. The summed E-state index contributed by atoms with van der Waals surface area (Å²) in [4.78, 5) is 2.12. The molecule has 1 fully saturated rings. The Bertz CT molecular complexity index is 784. The molecular formula is C16H22N2O4S. The lowest BCUT2D eigenvalue weighted by Crippen LogP contribution is -2.36. The first-order chi connectivity index (χ1) is 11.0. The van der Waals surface area contributed by atoms with E-state index in [-0.39, 0.29) is 5.25 Å². The summed E-state index contributed by atoms with van der Waals surface area (Å²) in [7, 11) is -1.57. The number of fused-ring (bicyclic) bond motifs is 1. The topological polar surface area (TPSA) is 71.8 Å². The van der Waals surface area contributed by atoms with Crippen LogP contribution in [0.4, 0.5) is 0 Å². The van der Waals surface area contributed by atoms with Crippen LogP contribution < -0.4 is 9.46 Å². The summed E-state index contributed by atoms with van der Waals surface area (Å²) in [5.74, 6) is 1.64. The first kappa shape index (κ1) is 16.3. The van der Waals surface area contributed by atoms with Gasteiger partial charge in [0.15, 0.2) is 0 Å². The Morgan fingerprint density at radius 1 is 1.39 bits per heavy atom. The van der Waals surface area contributed by atoms with Gasteiger partial charge in [0, 0.05) is 25.0 Å². The lowest BCUT2D eigenvalue weighted by Gasteiger charge is -2.14. The van der Waals surface area contributed by atoms with E-state index in [1.165, 1.54) is 0 Å². The van der Waals surface area contributed by atoms with Crippen LogP contribution in [0.1, 0.15) is 19.1 Å². The zero-order chi connectivity index (χ0) is 16.4. The number of benzene rings is 1. The molecule has 1 saturated heterocycles. The zero-order valence-electron chi connectivity index (χ0n) is 13.4. The van der Waals surface area contributed by atoms with Crippen molar-refractivity contribution in [2.45, 2.75) is 25.1 Å². The van der Waals surface area contributed by atoms with Gasteiger partial charge in [-0.15, -0.1) is 0 Å². The smallest absolute Gasteiger partial charge is 0.215 e. The number of likely N-dealkylation sites (tertiary alicyclic amines) is 1. The number of methoxy groups -OCH3 is 1. The van der Waals surface area contributed by atoms with E-state index in [4.69, 9.17) is 9.15 Å². The minimum atomic E-state index is -3.21. The van der Waals surface area contributed by atoms with Crippen LogP contribution in [-0.4, -0.2) is 45.3 Å². The van der Waals surface area contributed by atoms with Crippen molar-refractivity contribution in [1.29, 1.82) is 0 Å². The standard InChI is InChI=1S/C16H22N2O4S/c1-3-17-23(19,20)15-6-7-18(11-15)10-14-9-12-8-13(21-2)4-5-16(12)22-14/h4-5,8-9,15,17H,3,6-7,10-11H2,1-2H3/t15-/m1/s1. The highest BCUT2D eigenvalue weighted by molar-refractivity contribution is 7.90. The third-order valence-corrected chi connectivity index (χ3v) is 6.12. The van der Waals surface area contributed by atoms with Crippen LogP contribution in [0.25, 0.3) is 11.0 Å². The molecule has 126 valence electrons. The molecule has 1 aromatic carbocycles. The fourth-order valence-corrected chi connectivity index (χ4v) is 4.48. The van der Waals surface area contributed by atoms with Gasteiger partial charge in [0.05, 0.1) is 18.9 Å². The summed E-state index contributed by atoms with van der Waals surface area (Å²) < 4.78 is 37.8. The van der Waals surface area contributed by atoms with Crippen LogP contribution in [0.3, 0.4) is 0 Å². The second kappa shape index (κ2) is 6.51. The molecule has 0 bridgehead atoms. The molecule has 1 N–H and O–H groups in total. The fourth-order valence-electron chi connectivity index (χ4n) is 3.01. The van der Waals surface area contributed by atoms with Gasteiger partial charge < -0.3 is 9.15 Å². The third-order valence-electron chi connectivity index (χ3n) is 4.17. The maximum atomic E-state index is 12.1. The maximum absolute atomic E-state index is 12.1.